The zero-order valence-corrected chi connectivity index (χ0v) is 11.1. The monoisotopic (exact) mass is 264 g/mol. The summed E-state index contributed by atoms with van der Waals surface area (Å²) >= 11 is 0. The van der Waals surface area contributed by atoms with Gasteiger partial charge in [0.15, 0.2) is 0 Å². The maximum absolute atomic E-state index is 11.8. The van der Waals surface area contributed by atoms with Gasteiger partial charge in [0.25, 0.3) is 5.78 Å². The first-order valence-corrected chi connectivity index (χ1v) is 6.76. The summed E-state index contributed by atoms with van der Waals surface area (Å²) < 4.78 is 35.5. The number of hydrogen-bond donors (Lipinski definition) is 0. The van der Waals surface area contributed by atoms with Gasteiger partial charge in [0.1, 0.15) is 0 Å². The van der Waals surface area contributed by atoms with E-state index in [1.807, 2.05) is 0 Å². The highest BCUT2D eigenvalue weighted by Crippen LogP contribution is 2.16. The van der Waals surface area contributed by atoms with Gasteiger partial charge >= 0.3 is 6.18 Å². The molecule has 0 aliphatic rings. The normalized spacial score (nSPS) is 12.2. The Morgan fingerprint density at radius 2 is 1.44 bits per heavy atom. The Kier molecular flexibility index (Phi) is 9.70. The molecule has 106 valence electrons. The number of halogens is 3. The summed E-state index contributed by atoms with van der Waals surface area (Å²) in [7, 11) is 0. The molecule has 18 heavy (non-hydrogen) atoms. The molecule has 0 bridgehead atoms. The molecule has 0 spiro atoms. The molecule has 0 N–H and O–H groups in total. The first-order chi connectivity index (χ1) is 8.48. The number of hydrogen-bond acceptors (Lipinski definition) is 1. The van der Waals surface area contributed by atoms with E-state index in [9.17, 15) is 18.0 Å². The fraction of sp³-hybridized carbons (Fsp3) is 0.786. The minimum atomic E-state index is -4.73. The van der Waals surface area contributed by atoms with Crippen molar-refractivity contribution < 1.29 is 18.0 Å². The molecule has 0 atom stereocenters. The molecule has 0 aliphatic heterocycles. The molecule has 0 heterocycles. The highest BCUT2D eigenvalue weighted by atomic mass is 19.4. The van der Waals surface area contributed by atoms with Gasteiger partial charge in [0.05, 0.1) is 0 Å². The van der Waals surface area contributed by atoms with E-state index in [1.54, 1.807) is 0 Å². The second kappa shape index (κ2) is 10.2. The summed E-state index contributed by atoms with van der Waals surface area (Å²) in [6.07, 6.45) is 7.04. The van der Waals surface area contributed by atoms with Gasteiger partial charge in [0.2, 0.25) is 0 Å². The third-order valence-corrected chi connectivity index (χ3v) is 2.77. The van der Waals surface area contributed by atoms with Gasteiger partial charge < -0.3 is 0 Å². The van der Waals surface area contributed by atoms with Crippen molar-refractivity contribution in [1.82, 2.24) is 0 Å². The van der Waals surface area contributed by atoms with Crippen molar-refractivity contribution in [2.75, 3.05) is 0 Å². The largest absolute Gasteiger partial charge is 0.454 e. The average molecular weight is 264 g/mol. The van der Waals surface area contributed by atoms with Crippen molar-refractivity contribution in [3.63, 3.8) is 0 Å². The Hall–Kier alpha value is -0.800. The predicted octanol–water partition coefficient (Wildman–Crippen LogP) is 5.20. The third-order valence-electron chi connectivity index (χ3n) is 2.77. The summed E-state index contributed by atoms with van der Waals surface area (Å²) in [6.45, 7) is 2.18. The van der Waals surface area contributed by atoms with Crippen LogP contribution in [0.5, 0.6) is 0 Å². The van der Waals surface area contributed by atoms with Gasteiger partial charge in [0, 0.05) is 0 Å². The van der Waals surface area contributed by atoms with Crippen LogP contribution in [0.4, 0.5) is 13.2 Å². The van der Waals surface area contributed by atoms with E-state index in [4.69, 9.17) is 0 Å². The molecule has 0 aromatic rings. The number of unbranched alkanes of at least 4 members (excludes halogenated alkanes) is 8. The Balaban J connectivity index is 3.35. The van der Waals surface area contributed by atoms with Crippen molar-refractivity contribution >= 4 is 5.78 Å². The van der Waals surface area contributed by atoms with Gasteiger partial charge in [-0.25, -0.2) is 0 Å². The van der Waals surface area contributed by atoms with Crippen LogP contribution in [-0.2, 0) is 4.79 Å². The highest BCUT2D eigenvalue weighted by molar-refractivity contribution is 5.94. The SMILES string of the molecule is CCCCCCCCCC/C=C/C(=O)C(F)(F)F. The molecule has 0 amide bonds. The van der Waals surface area contributed by atoms with Crippen LogP contribution in [0.25, 0.3) is 0 Å². The zero-order chi connectivity index (χ0) is 13.9. The fourth-order valence-corrected chi connectivity index (χ4v) is 1.68. The Morgan fingerprint density at radius 1 is 0.944 bits per heavy atom. The lowest BCUT2D eigenvalue weighted by Crippen LogP contribution is -2.19. The van der Waals surface area contributed by atoms with E-state index in [0.717, 1.165) is 19.3 Å². The van der Waals surface area contributed by atoms with Crippen LogP contribution >= 0.6 is 0 Å². The number of carbonyl (C=O) groups excluding carboxylic acids is 1. The van der Waals surface area contributed by atoms with E-state index in [0.29, 0.717) is 12.5 Å². The van der Waals surface area contributed by atoms with Gasteiger partial charge in [-0.2, -0.15) is 13.2 Å². The van der Waals surface area contributed by atoms with Crippen LogP contribution in [0.2, 0.25) is 0 Å². The Labute approximate surface area is 107 Å². The molecule has 4 heteroatoms. The predicted molar refractivity (Wildman–Crippen MR) is 67.4 cm³/mol. The maximum Gasteiger partial charge on any atom is 0.454 e. The quantitative estimate of drug-likeness (QED) is 0.391. The molecule has 1 nitrogen and oxygen atoms in total. The highest BCUT2D eigenvalue weighted by Gasteiger charge is 2.35. The molecule has 0 saturated carbocycles. The minimum absolute atomic E-state index is 0.552. The summed E-state index contributed by atoms with van der Waals surface area (Å²) in [5, 5.41) is 0. The number of ketones is 1. The van der Waals surface area contributed by atoms with Crippen molar-refractivity contribution in [2.45, 2.75) is 70.9 Å². The maximum atomic E-state index is 11.8. The fourth-order valence-electron chi connectivity index (χ4n) is 1.68. The smallest absolute Gasteiger partial charge is 0.285 e. The van der Waals surface area contributed by atoms with Crippen LogP contribution in [0.1, 0.15) is 64.7 Å². The van der Waals surface area contributed by atoms with E-state index >= 15 is 0 Å². The van der Waals surface area contributed by atoms with E-state index in [1.165, 1.54) is 38.2 Å². The third kappa shape index (κ3) is 10.4. The molecular weight excluding hydrogens is 241 g/mol. The summed E-state index contributed by atoms with van der Waals surface area (Å²) in [4.78, 5) is 10.5. The first-order valence-electron chi connectivity index (χ1n) is 6.76. The first kappa shape index (κ1) is 17.2. The summed E-state index contributed by atoms with van der Waals surface area (Å²) in [5.41, 5.74) is 0. The van der Waals surface area contributed by atoms with Crippen molar-refractivity contribution in [3.8, 4) is 0 Å². The van der Waals surface area contributed by atoms with Crippen LogP contribution in [0.3, 0.4) is 0 Å². The summed E-state index contributed by atoms with van der Waals surface area (Å²) in [5.74, 6) is -1.76. The second-order valence-corrected chi connectivity index (χ2v) is 4.53. The van der Waals surface area contributed by atoms with Crippen molar-refractivity contribution in [2.24, 2.45) is 0 Å². The average Bonchev–Trinajstić information content (AvgIpc) is 2.30. The number of carbonyl (C=O) groups is 1. The molecule has 0 aromatic carbocycles. The number of allylic oxidation sites excluding steroid dienone is 2. The lowest BCUT2D eigenvalue weighted by molar-refractivity contribution is -0.165. The zero-order valence-electron chi connectivity index (χ0n) is 11.1. The van der Waals surface area contributed by atoms with E-state index < -0.39 is 12.0 Å². The van der Waals surface area contributed by atoms with Gasteiger partial charge in [-0.15, -0.1) is 0 Å². The lowest BCUT2D eigenvalue weighted by atomic mass is 10.1. The van der Waals surface area contributed by atoms with Crippen LogP contribution in [-0.4, -0.2) is 12.0 Å². The van der Waals surface area contributed by atoms with E-state index in [2.05, 4.69) is 6.92 Å². The molecule has 0 radical (unpaired) electrons. The summed E-state index contributed by atoms with van der Waals surface area (Å²) in [6, 6.07) is 0. The van der Waals surface area contributed by atoms with Crippen LogP contribution in [0, 0.1) is 0 Å². The van der Waals surface area contributed by atoms with Gasteiger partial charge in [-0.3, -0.25) is 4.79 Å². The van der Waals surface area contributed by atoms with Gasteiger partial charge in [-0.1, -0.05) is 57.9 Å². The standard InChI is InChI=1S/C14H23F3O/c1-2-3-4-5-6-7-8-9-10-11-12-13(18)14(15,16)17/h11-12H,2-10H2,1H3/b12-11+. The number of alkyl halides is 3. The Bertz CT molecular complexity index is 244. The van der Waals surface area contributed by atoms with E-state index in [-0.39, 0.29) is 0 Å². The molecule has 0 rings (SSSR count). The number of rotatable bonds is 10. The molecule has 0 aliphatic carbocycles. The molecule has 0 unspecified atom stereocenters. The van der Waals surface area contributed by atoms with Crippen LogP contribution in [0.15, 0.2) is 12.2 Å². The Morgan fingerprint density at radius 3 is 1.94 bits per heavy atom. The minimum Gasteiger partial charge on any atom is -0.285 e. The second-order valence-electron chi connectivity index (χ2n) is 4.53. The molecule has 0 aromatic heterocycles. The van der Waals surface area contributed by atoms with Gasteiger partial charge in [-0.05, 0) is 18.9 Å². The lowest BCUT2D eigenvalue weighted by Gasteiger charge is -2.00. The molecule has 0 saturated heterocycles. The van der Waals surface area contributed by atoms with Crippen LogP contribution < -0.4 is 0 Å². The molecule has 0 fully saturated rings. The van der Waals surface area contributed by atoms with Crippen molar-refractivity contribution in [1.29, 1.82) is 0 Å². The van der Waals surface area contributed by atoms with Crippen molar-refractivity contribution in [3.05, 3.63) is 12.2 Å². The molecular formula is C14H23F3O. The topological polar surface area (TPSA) is 17.1 Å².